The molecule has 19 heavy (non-hydrogen) atoms. The number of ether oxygens (including phenoxy) is 1. The van der Waals surface area contributed by atoms with Crippen molar-refractivity contribution in [2.24, 2.45) is 0 Å². The minimum absolute atomic E-state index is 0.0432. The standard InChI is InChI=1S/C13H19N3O2S/c1-9-14-11(8-19-9)6-16-4-5-18-12(7-16)13(17)15-10-2-3-10/h8,10,12H,2-7H2,1H3,(H,15,17). The van der Waals surface area contributed by atoms with Crippen molar-refractivity contribution in [2.75, 3.05) is 19.7 Å². The number of nitrogens with zero attached hydrogens (tertiary/aromatic N) is 2. The fraction of sp³-hybridized carbons (Fsp3) is 0.692. The van der Waals surface area contributed by atoms with Crippen molar-refractivity contribution < 1.29 is 9.53 Å². The van der Waals surface area contributed by atoms with Gasteiger partial charge in [0, 0.05) is 31.1 Å². The highest BCUT2D eigenvalue weighted by molar-refractivity contribution is 7.09. The average Bonchev–Trinajstić information content (AvgIpc) is 3.12. The highest BCUT2D eigenvalue weighted by Crippen LogP contribution is 2.19. The maximum absolute atomic E-state index is 12.0. The van der Waals surface area contributed by atoms with Gasteiger partial charge in [-0.25, -0.2) is 4.98 Å². The van der Waals surface area contributed by atoms with E-state index in [0.717, 1.165) is 36.6 Å². The SMILES string of the molecule is Cc1nc(CN2CCOC(C(=O)NC3CC3)C2)cs1. The molecule has 0 radical (unpaired) electrons. The van der Waals surface area contributed by atoms with Gasteiger partial charge in [0.1, 0.15) is 6.10 Å². The van der Waals surface area contributed by atoms with E-state index in [4.69, 9.17) is 4.74 Å². The normalized spacial score (nSPS) is 24.4. The van der Waals surface area contributed by atoms with Crippen LogP contribution in [0.25, 0.3) is 0 Å². The number of aromatic nitrogens is 1. The smallest absolute Gasteiger partial charge is 0.250 e. The summed E-state index contributed by atoms with van der Waals surface area (Å²) >= 11 is 1.67. The van der Waals surface area contributed by atoms with Gasteiger partial charge in [0.15, 0.2) is 0 Å². The molecule has 2 heterocycles. The number of hydrogen-bond acceptors (Lipinski definition) is 5. The third kappa shape index (κ3) is 3.52. The first-order valence-corrected chi connectivity index (χ1v) is 7.64. The van der Waals surface area contributed by atoms with Crippen LogP contribution in [-0.4, -0.2) is 47.6 Å². The van der Waals surface area contributed by atoms with E-state index in [2.05, 4.69) is 20.6 Å². The summed E-state index contributed by atoms with van der Waals surface area (Å²) in [5, 5.41) is 6.18. The lowest BCUT2D eigenvalue weighted by Gasteiger charge is -2.31. The molecule has 1 saturated heterocycles. The number of nitrogens with one attached hydrogen (secondary N) is 1. The monoisotopic (exact) mass is 281 g/mol. The number of thiazole rings is 1. The van der Waals surface area contributed by atoms with Crippen LogP contribution in [0.15, 0.2) is 5.38 Å². The van der Waals surface area contributed by atoms with E-state index in [-0.39, 0.29) is 12.0 Å². The van der Waals surface area contributed by atoms with Gasteiger partial charge in [0.25, 0.3) is 5.91 Å². The minimum Gasteiger partial charge on any atom is -0.366 e. The van der Waals surface area contributed by atoms with Crippen molar-refractivity contribution in [3.63, 3.8) is 0 Å². The van der Waals surface area contributed by atoms with E-state index in [9.17, 15) is 4.79 Å². The predicted molar refractivity (Wildman–Crippen MR) is 73.0 cm³/mol. The summed E-state index contributed by atoms with van der Waals surface area (Å²) in [6.45, 7) is 4.96. The van der Waals surface area contributed by atoms with E-state index < -0.39 is 0 Å². The minimum atomic E-state index is -0.325. The fourth-order valence-electron chi connectivity index (χ4n) is 2.24. The highest BCUT2D eigenvalue weighted by Gasteiger charge is 2.31. The van der Waals surface area contributed by atoms with Gasteiger partial charge in [0.2, 0.25) is 0 Å². The molecule has 1 aromatic rings. The molecule has 0 aromatic carbocycles. The van der Waals surface area contributed by atoms with Gasteiger partial charge in [-0.15, -0.1) is 11.3 Å². The topological polar surface area (TPSA) is 54.5 Å². The van der Waals surface area contributed by atoms with E-state index in [0.29, 0.717) is 19.2 Å². The zero-order valence-electron chi connectivity index (χ0n) is 11.1. The van der Waals surface area contributed by atoms with Crippen molar-refractivity contribution in [2.45, 2.75) is 38.5 Å². The van der Waals surface area contributed by atoms with Crippen molar-refractivity contribution in [3.8, 4) is 0 Å². The second kappa shape index (κ2) is 5.56. The van der Waals surface area contributed by atoms with Crippen LogP contribution in [0.4, 0.5) is 0 Å². The van der Waals surface area contributed by atoms with Crippen LogP contribution >= 0.6 is 11.3 Å². The summed E-state index contributed by atoms with van der Waals surface area (Å²) in [6.07, 6.45) is 1.90. The van der Waals surface area contributed by atoms with Crippen molar-refractivity contribution in [1.29, 1.82) is 0 Å². The summed E-state index contributed by atoms with van der Waals surface area (Å²) in [6, 6.07) is 0.396. The van der Waals surface area contributed by atoms with Crippen LogP contribution in [0.3, 0.4) is 0 Å². The molecule has 0 bridgehead atoms. The molecule has 3 rings (SSSR count). The van der Waals surface area contributed by atoms with Crippen LogP contribution in [-0.2, 0) is 16.1 Å². The third-order valence-corrected chi connectivity index (χ3v) is 4.24. The Morgan fingerprint density at radius 2 is 2.47 bits per heavy atom. The van der Waals surface area contributed by atoms with E-state index in [1.54, 1.807) is 11.3 Å². The van der Waals surface area contributed by atoms with Gasteiger partial charge < -0.3 is 10.1 Å². The van der Waals surface area contributed by atoms with Crippen molar-refractivity contribution in [1.82, 2.24) is 15.2 Å². The molecular formula is C13H19N3O2S. The first kappa shape index (κ1) is 13.0. The van der Waals surface area contributed by atoms with Gasteiger partial charge in [-0.3, -0.25) is 9.69 Å². The average molecular weight is 281 g/mol. The molecule has 1 aliphatic carbocycles. The van der Waals surface area contributed by atoms with Gasteiger partial charge in [-0.2, -0.15) is 0 Å². The van der Waals surface area contributed by atoms with Gasteiger partial charge in [0.05, 0.1) is 17.3 Å². The quantitative estimate of drug-likeness (QED) is 0.892. The largest absolute Gasteiger partial charge is 0.366 e. The Labute approximate surface area is 117 Å². The van der Waals surface area contributed by atoms with Crippen LogP contribution in [0.1, 0.15) is 23.5 Å². The molecule has 2 aliphatic rings. The van der Waals surface area contributed by atoms with E-state index >= 15 is 0 Å². The molecule has 1 atom stereocenters. The van der Waals surface area contributed by atoms with Crippen LogP contribution in [0.5, 0.6) is 0 Å². The van der Waals surface area contributed by atoms with Crippen molar-refractivity contribution >= 4 is 17.2 Å². The number of amides is 1. The zero-order valence-corrected chi connectivity index (χ0v) is 11.9. The lowest BCUT2D eigenvalue weighted by atomic mass is 10.2. The number of aryl methyl sites for hydroxylation is 1. The Bertz CT molecular complexity index is 458. The second-order valence-corrected chi connectivity index (χ2v) is 6.30. The number of hydrogen-bond donors (Lipinski definition) is 1. The molecule has 1 saturated carbocycles. The number of carbonyl (C=O) groups excluding carboxylic acids is 1. The van der Waals surface area contributed by atoms with Crippen LogP contribution in [0, 0.1) is 6.92 Å². The predicted octanol–water partition coefficient (Wildman–Crippen LogP) is 0.931. The first-order valence-electron chi connectivity index (χ1n) is 6.76. The number of carbonyl (C=O) groups is 1. The Hall–Kier alpha value is -0.980. The Balaban J connectivity index is 1.53. The van der Waals surface area contributed by atoms with Gasteiger partial charge >= 0.3 is 0 Å². The van der Waals surface area contributed by atoms with Gasteiger partial charge in [-0.1, -0.05) is 0 Å². The summed E-state index contributed by atoms with van der Waals surface area (Å²) in [5.41, 5.74) is 1.09. The molecule has 0 spiro atoms. The summed E-state index contributed by atoms with van der Waals surface area (Å²) in [4.78, 5) is 18.7. The van der Waals surface area contributed by atoms with Crippen LogP contribution < -0.4 is 5.32 Å². The molecule has 1 aliphatic heterocycles. The molecule has 104 valence electrons. The Morgan fingerprint density at radius 1 is 1.63 bits per heavy atom. The fourth-order valence-corrected chi connectivity index (χ4v) is 2.84. The maximum Gasteiger partial charge on any atom is 0.250 e. The molecule has 1 unspecified atom stereocenters. The lowest BCUT2D eigenvalue weighted by molar-refractivity contribution is -0.139. The zero-order chi connectivity index (χ0) is 13.2. The molecule has 1 amide bonds. The Morgan fingerprint density at radius 3 is 3.16 bits per heavy atom. The molecule has 6 heteroatoms. The number of rotatable bonds is 4. The molecule has 2 fully saturated rings. The molecule has 1 aromatic heterocycles. The molecule has 5 nitrogen and oxygen atoms in total. The van der Waals surface area contributed by atoms with Gasteiger partial charge in [-0.05, 0) is 19.8 Å². The second-order valence-electron chi connectivity index (χ2n) is 5.24. The molecular weight excluding hydrogens is 262 g/mol. The maximum atomic E-state index is 12.0. The lowest BCUT2D eigenvalue weighted by Crippen LogP contribution is -2.49. The number of morpholine rings is 1. The van der Waals surface area contributed by atoms with Crippen molar-refractivity contribution in [3.05, 3.63) is 16.1 Å². The molecule has 1 N–H and O–H groups in total. The summed E-state index contributed by atoms with van der Waals surface area (Å²) < 4.78 is 5.57. The van der Waals surface area contributed by atoms with E-state index in [1.165, 1.54) is 0 Å². The summed E-state index contributed by atoms with van der Waals surface area (Å²) in [7, 11) is 0. The third-order valence-electron chi connectivity index (χ3n) is 3.42. The van der Waals surface area contributed by atoms with Crippen LogP contribution in [0.2, 0.25) is 0 Å². The Kier molecular flexibility index (Phi) is 3.81. The summed E-state index contributed by atoms with van der Waals surface area (Å²) in [5.74, 6) is 0.0432. The highest BCUT2D eigenvalue weighted by atomic mass is 32.1. The first-order chi connectivity index (χ1) is 9.20. The van der Waals surface area contributed by atoms with E-state index in [1.807, 2.05) is 6.92 Å².